The quantitative estimate of drug-likeness (QED) is 0.503. The smallest absolute Gasteiger partial charge is 0.242 e. The topological polar surface area (TPSA) is 62.7 Å². The van der Waals surface area contributed by atoms with Crippen molar-refractivity contribution in [2.45, 2.75) is 44.2 Å². The summed E-state index contributed by atoms with van der Waals surface area (Å²) in [6.45, 7) is 8.03. The van der Waals surface area contributed by atoms with Gasteiger partial charge in [0.05, 0.1) is 18.1 Å². The van der Waals surface area contributed by atoms with Crippen LogP contribution in [-0.2, 0) is 4.79 Å². The monoisotopic (exact) mass is 454 g/mol. The van der Waals surface area contributed by atoms with E-state index >= 15 is 0 Å². The van der Waals surface area contributed by atoms with Crippen LogP contribution in [-0.4, -0.2) is 28.4 Å². The number of aromatic nitrogens is 1. The van der Waals surface area contributed by atoms with Crippen LogP contribution in [0.2, 0.25) is 0 Å². The van der Waals surface area contributed by atoms with E-state index in [2.05, 4.69) is 13.8 Å². The number of hydrogen-bond acceptors (Lipinski definition) is 6. The first-order valence-electron chi connectivity index (χ1n) is 10.2. The van der Waals surface area contributed by atoms with Crippen molar-refractivity contribution >= 4 is 34.1 Å². The molecule has 1 amide bonds. The van der Waals surface area contributed by atoms with Crippen molar-refractivity contribution in [2.24, 2.45) is 0 Å². The molecule has 2 atom stereocenters. The van der Waals surface area contributed by atoms with Crippen LogP contribution in [0.15, 0.2) is 41.8 Å². The molecule has 1 N–H and O–H groups in total. The Morgan fingerprint density at radius 1 is 1.19 bits per heavy atom. The number of aromatic hydroxyl groups is 1. The summed E-state index contributed by atoms with van der Waals surface area (Å²) >= 11 is 3.10. The SMILES string of the molecule is COc1ccc(C2SC(C)C(=O)N2c2nc(-c3cc(C(C)C)c(O)cc3C)cs2)cc1. The third-order valence-corrected chi connectivity index (χ3v) is 7.71. The number of thioether (sulfide) groups is 1. The summed E-state index contributed by atoms with van der Waals surface area (Å²) in [4.78, 5) is 19.7. The number of rotatable bonds is 5. The Morgan fingerprint density at radius 3 is 2.55 bits per heavy atom. The van der Waals surface area contributed by atoms with Crippen molar-refractivity contribution in [3.8, 4) is 22.8 Å². The molecule has 0 saturated carbocycles. The van der Waals surface area contributed by atoms with Crippen molar-refractivity contribution in [1.29, 1.82) is 0 Å². The largest absolute Gasteiger partial charge is 0.508 e. The average molecular weight is 455 g/mol. The van der Waals surface area contributed by atoms with Crippen LogP contribution in [0, 0.1) is 6.92 Å². The molecule has 2 aromatic carbocycles. The number of nitrogens with zero attached hydrogens (tertiary/aromatic N) is 2. The molecule has 7 heteroatoms. The van der Waals surface area contributed by atoms with Gasteiger partial charge in [-0.25, -0.2) is 4.98 Å². The number of carbonyl (C=O) groups is 1. The lowest BCUT2D eigenvalue weighted by atomic mass is 9.95. The molecule has 0 radical (unpaired) electrons. The second-order valence-electron chi connectivity index (χ2n) is 8.01. The van der Waals surface area contributed by atoms with Crippen LogP contribution < -0.4 is 9.64 Å². The van der Waals surface area contributed by atoms with Crippen LogP contribution in [0.5, 0.6) is 11.5 Å². The zero-order valence-electron chi connectivity index (χ0n) is 18.2. The number of phenols is 1. The summed E-state index contributed by atoms with van der Waals surface area (Å²) < 4.78 is 5.27. The molecule has 162 valence electrons. The molecule has 1 saturated heterocycles. The molecule has 2 unspecified atom stereocenters. The van der Waals surface area contributed by atoms with E-state index in [-0.39, 0.29) is 22.4 Å². The van der Waals surface area contributed by atoms with E-state index in [1.807, 2.05) is 54.5 Å². The number of aryl methyl sites for hydroxylation is 1. The summed E-state index contributed by atoms with van der Waals surface area (Å²) in [5, 5.41) is 12.7. The van der Waals surface area contributed by atoms with E-state index in [9.17, 15) is 9.90 Å². The summed E-state index contributed by atoms with van der Waals surface area (Å²) in [6.07, 6.45) is 0. The molecular weight excluding hydrogens is 428 g/mol. The number of methoxy groups -OCH3 is 1. The van der Waals surface area contributed by atoms with Gasteiger partial charge in [0, 0.05) is 10.9 Å². The van der Waals surface area contributed by atoms with Gasteiger partial charge >= 0.3 is 0 Å². The fourth-order valence-electron chi connectivity index (χ4n) is 3.76. The zero-order valence-corrected chi connectivity index (χ0v) is 19.9. The summed E-state index contributed by atoms with van der Waals surface area (Å²) in [7, 11) is 1.64. The van der Waals surface area contributed by atoms with Gasteiger partial charge in [-0.05, 0) is 60.7 Å². The maximum Gasteiger partial charge on any atom is 0.242 e. The van der Waals surface area contributed by atoms with Gasteiger partial charge in [-0.1, -0.05) is 26.0 Å². The lowest BCUT2D eigenvalue weighted by molar-refractivity contribution is -0.117. The fraction of sp³-hybridized carbons (Fsp3) is 0.333. The minimum atomic E-state index is -0.137. The summed E-state index contributed by atoms with van der Waals surface area (Å²) in [6, 6.07) is 11.6. The molecule has 2 heterocycles. The summed E-state index contributed by atoms with van der Waals surface area (Å²) in [5.74, 6) is 1.37. The zero-order chi connectivity index (χ0) is 22.3. The minimum absolute atomic E-state index is 0.0667. The Morgan fingerprint density at radius 2 is 1.90 bits per heavy atom. The molecule has 0 spiro atoms. The highest BCUT2D eigenvalue weighted by molar-refractivity contribution is 8.01. The number of amides is 1. The molecule has 31 heavy (non-hydrogen) atoms. The van der Waals surface area contributed by atoms with Crippen LogP contribution in [0.25, 0.3) is 11.3 Å². The molecule has 4 rings (SSSR count). The molecule has 1 aliphatic rings. The van der Waals surface area contributed by atoms with Crippen molar-refractivity contribution < 1.29 is 14.6 Å². The number of thiazole rings is 1. The molecule has 1 aromatic heterocycles. The first-order valence-corrected chi connectivity index (χ1v) is 12.0. The van der Waals surface area contributed by atoms with E-state index in [1.54, 1.807) is 24.9 Å². The van der Waals surface area contributed by atoms with Crippen LogP contribution >= 0.6 is 23.1 Å². The second kappa shape index (κ2) is 8.55. The third kappa shape index (κ3) is 4.04. The van der Waals surface area contributed by atoms with E-state index in [0.717, 1.165) is 33.7 Å². The van der Waals surface area contributed by atoms with E-state index in [0.29, 0.717) is 10.9 Å². The molecule has 1 fully saturated rings. The van der Waals surface area contributed by atoms with Crippen molar-refractivity contribution in [3.63, 3.8) is 0 Å². The van der Waals surface area contributed by atoms with E-state index in [4.69, 9.17) is 9.72 Å². The number of phenolic OH excluding ortho intramolecular Hbond substituents is 1. The van der Waals surface area contributed by atoms with Gasteiger partial charge < -0.3 is 9.84 Å². The Bertz CT molecular complexity index is 1110. The maximum atomic E-state index is 13.0. The first kappa shape index (κ1) is 21.7. The van der Waals surface area contributed by atoms with Gasteiger partial charge in [-0.15, -0.1) is 23.1 Å². The Balaban J connectivity index is 1.71. The fourth-order valence-corrected chi connectivity index (χ4v) is 5.94. The van der Waals surface area contributed by atoms with E-state index in [1.165, 1.54) is 11.3 Å². The highest BCUT2D eigenvalue weighted by atomic mass is 32.2. The molecule has 1 aliphatic heterocycles. The van der Waals surface area contributed by atoms with Crippen LogP contribution in [0.1, 0.15) is 48.8 Å². The van der Waals surface area contributed by atoms with Gasteiger partial charge in [0.25, 0.3) is 0 Å². The second-order valence-corrected chi connectivity index (χ2v) is 10.3. The molecule has 0 bridgehead atoms. The molecule has 3 aromatic rings. The standard InChI is InChI=1S/C24H26N2O3S2/c1-13(2)18-11-19(14(3)10-21(18)27)20-12-30-24(25-20)26-22(28)15(4)31-23(26)16-6-8-17(29-5)9-7-16/h6-13,15,23,27H,1-5H3. The first-order chi connectivity index (χ1) is 14.8. The van der Waals surface area contributed by atoms with Gasteiger partial charge in [0.15, 0.2) is 5.13 Å². The van der Waals surface area contributed by atoms with Gasteiger partial charge in [-0.3, -0.25) is 9.69 Å². The lowest BCUT2D eigenvalue weighted by Crippen LogP contribution is -2.30. The number of benzene rings is 2. The summed E-state index contributed by atoms with van der Waals surface area (Å²) in [5.41, 5.74) is 4.71. The molecule has 5 nitrogen and oxygen atoms in total. The van der Waals surface area contributed by atoms with Crippen LogP contribution in [0.4, 0.5) is 5.13 Å². The Labute approximate surface area is 191 Å². The number of anilines is 1. The number of ether oxygens (including phenoxy) is 1. The Hall–Kier alpha value is -2.51. The lowest BCUT2D eigenvalue weighted by Gasteiger charge is -2.21. The van der Waals surface area contributed by atoms with Crippen molar-refractivity contribution in [2.75, 3.05) is 12.0 Å². The highest BCUT2D eigenvalue weighted by Gasteiger charge is 2.41. The third-order valence-electron chi connectivity index (χ3n) is 5.52. The normalized spacial score (nSPS) is 18.8. The van der Waals surface area contributed by atoms with Gasteiger partial charge in [-0.2, -0.15) is 0 Å². The molecular formula is C24H26N2O3S2. The van der Waals surface area contributed by atoms with E-state index < -0.39 is 0 Å². The molecule has 0 aliphatic carbocycles. The highest BCUT2D eigenvalue weighted by Crippen LogP contribution is 2.47. The predicted molar refractivity (Wildman–Crippen MR) is 128 cm³/mol. The Kier molecular flexibility index (Phi) is 5.99. The minimum Gasteiger partial charge on any atom is -0.508 e. The number of carbonyl (C=O) groups excluding carboxylic acids is 1. The number of hydrogen-bond donors (Lipinski definition) is 1. The van der Waals surface area contributed by atoms with Gasteiger partial charge in [0.1, 0.15) is 16.9 Å². The maximum absolute atomic E-state index is 13.0. The average Bonchev–Trinajstić information content (AvgIpc) is 3.32. The van der Waals surface area contributed by atoms with Gasteiger partial charge in [0.2, 0.25) is 5.91 Å². The van der Waals surface area contributed by atoms with Crippen molar-refractivity contribution in [1.82, 2.24) is 4.98 Å². The van der Waals surface area contributed by atoms with Crippen LogP contribution in [0.3, 0.4) is 0 Å². The predicted octanol–water partition coefficient (Wildman–Crippen LogP) is 6.12. The van der Waals surface area contributed by atoms with Crippen molar-refractivity contribution in [3.05, 3.63) is 58.5 Å².